The third kappa shape index (κ3) is 5.55. The van der Waals surface area contributed by atoms with Crippen LogP contribution in [0, 0.1) is 11.8 Å². The second kappa shape index (κ2) is 5.83. The van der Waals surface area contributed by atoms with E-state index < -0.39 is 15.1 Å². The quantitative estimate of drug-likeness (QED) is 0.484. The van der Waals surface area contributed by atoms with Gasteiger partial charge in [-0.1, -0.05) is 52.0 Å². The van der Waals surface area contributed by atoms with E-state index >= 15 is 0 Å². The summed E-state index contributed by atoms with van der Waals surface area (Å²) < 4.78 is 68.5. The second-order valence-electron chi connectivity index (χ2n) is 6.43. The molecule has 0 aromatic heterocycles. The van der Waals surface area contributed by atoms with Crippen LogP contribution in [0.4, 0.5) is 19.4 Å². The summed E-state index contributed by atoms with van der Waals surface area (Å²) in [5, 5.41) is 0. The summed E-state index contributed by atoms with van der Waals surface area (Å²) in [6.45, 7) is 2.60. The van der Waals surface area contributed by atoms with Crippen molar-refractivity contribution >= 4 is 10.2 Å². The molecule has 1 aromatic rings. The summed E-state index contributed by atoms with van der Waals surface area (Å²) in [7, 11) is -9.59. The van der Waals surface area contributed by atoms with Gasteiger partial charge >= 0.3 is 10.2 Å². The van der Waals surface area contributed by atoms with Crippen molar-refractivity contribution in [2.24, 2.45) is 11.8 Å². The van der Waals surface area contributed by atoms with E-state index in [-0.39, 0.29) is 5.75 Å². The number of benzene rings is 1. The van der Waals surface area contributed by atoms with Crippen LogP contribution in [0.25, 0.3) is 0 Å². The molecule has 0 N–H and O–H groups in total. The minimum absolute atomic E-state index is 0.200. The molecular weight excluding hydrogens is 335 g/mol. The Bertz CT molecular complexity index is 517. The molecule has 7 heteroatoms. The highest BCUT2D eigenvalue weighted by Crippen LogP contribution is 3.02. The molecule has 0 radical (unpaired) electrons. The molecule has 0 bridgehead atoms. The van der Waals surface area contributed by atoms with Crippen molar-refractivity contribution in [1.82, 2.24) is 0 Å². The average molecular weight is 358 g/mol. The molecule has 23 heavy (non-hydrogen) atoms. The van der Waals surface area contributed by atoms with Gasteiger partial charge in [0.05, 0.1) is 6.61 Å². The van der Waals surface area contributed by atoms with Crippen LogP contribution in [0.15, 0.2) is 29.2 Å². The summed E-state index contributed by atoms with van der Waals surface area (Å²) in [6, 6.07) is 2.73. The van der Waals surface area contributed by atoms with E-state index in [0.29, 0.717) is 24.7 Å². The summed E-state index contributed by atoms with van der Waals surface area (Å²) >= 11 is 0. The Hall–Kier alpha value is -0.980. The van der Waals surface area contributed by atoms with Crippen LogP contribution in [0.1, 0.15) is 45.4 Å². The van der Waals surface area contributed by atoms with Crippen molar-refractivity contribution in [3.05, 3.63) is 24.3 Å². The smallest absolute Gasteiger partial charge is 0.310 e. The highest BCUT2D eigenvalue weighted by Gasteiger charge is 2.65. The Labute approximate surface area is 133 Å². The van der Waals surface area contributed by atoms with E-state index in [4.69, 9.17) is 4.74 Å². The van der Waals surface area contributed by atoms with E-state index in [0.717, 1.165) is 43.7 Å². The Morgan fingerprint density at radius 2 is 1.43 bits per heavy atom. The lowest BCUT2D eigenvalue weighted by atomic mass is 9.80. The number of ether oxygens (including phenoxy) is 1. The Morgan fingerprint density at radius 1 is 0.913 bits per heavy atom. The number of hydrogen-bond acceptors (Lipinski definition) is 1. The lowest BCUT2D eigenvalue weighted by Gasteiger charge is -2.40. The van der Waals surface area contributed by atoms with Crippen molar-refractivity contribution in [2.75, 3.05) is 6.61 Å². The maximum Gasteiger partial charge on any atom is 0.310 e. The molecule has 0 aliphatic heterocycles. The number of halogens is 5. The zero-order chi connectivity index (χ0) is 17.2. The Morgan fingerprint density at radius 3 is 1.91 bits per heavy atom. The van der Waals surface area contributed by atoms with Crippen LogP contribution in [0.5, 0.6) is 5.75 Å². The first-order valence-corrected chi connectivity index (χ1v) is 9.90. The third-order valence-corrected chi connectivity index (χ3v) is 5.58. The number of rotatable bonds is 6. The second-order valence-corrected chi connectivity index (χ2v) is 8.84. The van der Waals surface area contributed by atoms with Crippen LogP contribution in [-0.2, 0) is 0 Å². The van der Waals surface area contributed by atoms with Gasteiger partial charge in [0, 0.05) is 0 Å². The number of hydrogen-bond donors (Lipinski definition) is 0. The molecule has 1 aliphatic carbocycles. The van der Waals surface area contributed by atoms with E-state index in [9.17, 15) is 19.4 Å². The van der Waals surface area contributed by atoms with Gasteiger partial charge in [0.25, 0.3) is 0 Å². The first-order chi connectivity index (χ1) is 10.5. The minimum Gasteiger partial charge on any atom is -0.493 e. The Kier molecular flexibility index (Phi) is 4.65. The molecular formula is C16H23F5OS. The summed E-state index contributed by atoms with van der Waals surface area (Å²) in [5.74, 6) is 1.36. The van der Waals surface area contributed by atoms with Crippen LogP contribution in [0.3, 0.4) is 0 Å². The first-order valence-electron chi connectivity index (χ1n) is 7.95. The van der Waals surface area contributed by atoms with Crippen molar-refractivity contribution in [1.29, 1.82) is 0 Å². The molecule has 0 atom stereocenters. The lowest BCUT2D eigenvalue weighted by molar-refractivity contribution is 0.178. The van der Waals surface area contributed by atoms with Gasteiger partial charge in [-0.3, -0.25) is 0 Å². The van der Waals surface area contributed by atoms with Gasteiger partial charge in [0.2, 0.25) is 0 Å². The third-order valence-electron chi connectivity index (χ3n) is 4.42. The van der Waals surface area contributed by atoms with Gasteiger partial charge in [-0.2, -0.15) is 0 Å². The highest BCUT2D eigenvalue weighted by atomic mass is 32.5. The fourth-order valence-electron chi connectivity index (χ4n) is 3.10. The normalized spacial score (nSPS) is 25.5. The monoisotopic (exact) mass is 358 g/mol. The topological polar surface area (TPSA) is 9.23 Å². The molecule has 0 unspecified atom stereocenters. The maximum absolute atomic E-state index is 12.6. The largest absolute Gasteiger partial charge is 0.493 e. The van der Waals surface area contributed by atoms with Gasteiger partial charge in [0.15, 0.2) is 0 Å². The first kappa shape index (κ1) is 18.4. The van der Waals surface area contributed by atoms with E-state index in [1.54, 1.807) is 0 Å². The van der Waals surface area contributed by atoms with Crippen molar-refractivity contribution in [2.45, 2.75) is 50.3 Å². The van der Waals surface area contributed by atoms with Gasteiger partial charge in [-0.05, 0) is 48.9 Å². The molecule has 0 saturated heterocycles. The zero-order valence-corrected chi connectivity index (χ0v) is 13.9. The standard InChI is InChI=1S/C16H23F5OS/c1-2-3-13-4-6-14(7-5-13)12-22-15-8-10-16(11-9-15)23(17,18,19,20)21/h8-11,13-14H,2-7,12H2,1H3/t13-,14-. The van der Waals surface area contributed by atoms with E-state index in [1.165, 1.54) is 12.8 Å². The van der Waals surface area contributed by atoms with Crippen LogP contribution < -0.4 is 4.74 Å². The maximum atomic E-state index is 12.6. The highest BCUT2D eigenvalue weighted by molar-refractivity contribution is 8.45. The summed E-state index contributed by atoms with van der Waals surface area (Å²) in [6.07, 6.45) is 6.84. The molecule has 1 nitrogen and oxygen atoms in total. The lowest BCUT2D eigenvalue weighted by Crippen LogP contribution is -2.20. The van der Waals surface area contributed by atoms with Gasteiger partial charge < -0.3 is 4.74 Å². The zero-order valence-electron chi connectivity index (χ0n) is 13.1. The molecule has 2 rings (SSSR count). The van der Waals surface area contributed by atoms with Gasteiger partial charge in [-0.25, -0.2) is 0 Å². The molecule has 134 valence electrons. The summed E-state index contributed by atoms with van der Waals surface area (Å²) in [4.78, 5) is -1.88. The van der Waals surface area contributed by atoms with Crippen molar-refractivity contribution in [3.8, 4) is 5.75 Å². The van der Waals surface area contributed by atoms with Crippen molar-refractivity contribution < 1.29 is 24.2 Å². The van der Waals surface area contributed by atoms with E-state index in [2.05, 4.69) is 6.92 Å². The molecule has 1 aromatic carbocycles. The predicted molar refractivity (Wildman–Crippen MR) is 83.7 cm³/mol. The minimum atomic E-state index is -9.59. The molecule has 0 amide bonds. The van der Waals surface area contributed by atoms with Gasteiger partial charge in [-0.15, -0.1) is 0 Å². The van der Waals surface area contributed by atoms with Crippen LogP contribution >= 0.6 is 10.2 Å². The Balaban J connectivity index is 1.86. The molecule has 0 heterocycles. The fraction of sp³-hybridized carbons (Fsp3) is 0.625. The predicted octanol–water partition coefficient (Wildman–Crippen LogP) is 7.33. The SMILES string of the molecule is CCC[C@H]1CC[C@H](COc2ccc(S(F)(F)(F)(F)F)cc2)CC1. The molecule has 1 fully saturated rings. The van der Waals surface area contributed by atoms with Crippen LogP contribution in [-0.4, -0.2) is 6.61 Å². The van der Waals surface area contributed by atoms with Crippen molar-refractivity contribution in [3.63, 3.8) is 0 Å². The van der Waals surface area contributed by atoms with Crippen LogP contribution in [0.2, 0.25) is 0 Å². The van der Waals surface area contributed by atoms with E-state index in [1.807, 2.05) is 0 Å². The molecule has 0 spiro atoms. The molecule has 1 aliphatic rings. The molecule has 1 saturated carbocycles. The van der Waals surface area contributed by atoms with Gasteiger partial charge in [0.1, 0.15) is 10.6 Å². The summed E-state index contributed by atoms with van der Waals surface area (Å²) in [5.41, 5.74) is 0. The average Bonchev–Trinajstić information content (AvgIpc) is 2.45. The fourth-order valence-corrected chi connectivity index (χ4v) is 3.75.